The standard InChI is InChI=1S/C16H22N2O2S/c1-11(2)17-8-13-7-12-5-3-4-6-15(12)18-16(13)21-10-14(20)9-19/h3-7,11,14,17,19-20H,8-10H2,1-2H3. The van der Waals surface area contributed by atoms with Gasteiger partial charge in [0.15, 0.2) is 0 Å². The summed E-state index contributed by atoms with van der Waals surface area (Å²) < 4.78 is 0. The van der Waals surface area contributed by atoms with Crippen LogP contribution in [0.1, 0.15) is 19.4 Å². The van der Waals surface area contributed by atoms with Crippen LogP contribution in [0, 0.1) is 0 Å². The van der Waals surface area contributed by atoms with Crippen molar-refractivity contribution >= 4 is 22.7 Å². The Morgan fingerprint density at radius 3 is 2.76 bits per heavy atom. The molecule has 0 saturated heterocycles. The van der Waals surface area contributed by atoms with E-state index >= 15 is 0 Å². The van der Waals surface area contributed by atoms with E-state index in [0.29, 0.717) is 11.8 Å². The second kappa shape index (κ2) is 7.75. The van der Waals surface area contributed by atoms with Crippen LogP contribution in [0.3, 0.4) is 0 Å². The molecule has 3 N–H and O–H groups in total. The van der Waals surface area contributed by atoms with Crippen molar-refractivity contribution in [1.29, 1.82) is 0 Å². The van der Waals surface area contributed by atoms with Gasteiger partial charge >= 0.3 is 0 Å². The van der Waals surface area contributed by atoms with Crippen LogP contribution in [-0.2, 0) is 6.54 Å². The molecular formula is C16H22N2O2S. The number of pyridine rings is 1. The molecule has 0 bridgehead atoms. The van der Waals surface area contributed by atoms with Crippen LogP contribution in [0.25, 0.3) is 10.9 Å². The van der Waals surface area contributed by atoms with Gasteiger partial charge in [-0.1, -0.05) is 32.0 Å². The lowest BCUT2D eigenvalue weighted by Gasteiger charge is -2.14. The minimum atomic E-state index is -0.714. The van der Waals surface area contributed by atoms with E-state index in [1.54, 1.807) is 0 Å². The van der Waals surface area contributed by atoms with Gasteiger partial charge in [0, 0.05) is 23.7 Å². The Balaban J connectivity index is 2.27. The highest BCUT2D eigenvalue weighted by Crippen LogP contribution is 2.25. The molecule has 0 radical (unpaired) electrons. The quantitative estimate of drug-likeness (QED) is 0.684. The number of nitrogens with zero attached hydrogens (tertiary/aromatic N) is 1. The Morgan fingerprint density at radius 2 is 2.05 bits per heavy atom. The van der Waals surface area contributed by atoms with Crippen LogP contribution < -0.4 is 5.32 Å². The lowest BCUT2D eigenvalue weighted by molar-refractivity contribution is 0.113. The molecule has 5 heteroatoms. The minimum absolute atomic E-state index is 0.222. The van der Waals surface area contributed by atoms with Gasteiger partial charge in [0.2, 0.25) is 0 Å². The molecule has 0 spiro atoms. The number of hydrogen-bond acceptors (Lipinski definition) is 5. The zero-order valence-corrected chi connectivity index (χ0v) is 13.2. The molecule has 1 unspecified atom stereocenters. The van der Waals surface area contributed by atoms with Crippen molar-refractivity contribution in [3.63, 3.8) is 0 Å². The summed E-state index contributed by atoms with van der Waals surface area (Å²) >= 11 is 1.49. The lowest BCUT2D eigenvalue weighted by atomic mass is 10.1. The van der Waals surface area contributed by atoms with Gasteiger partial charge in [0.1, 0.15) is 5.03 Å². The number of para-hydroxylation sites is 1. The number of thioether (sulfide) groups is 1. The Labute approximate surface area is 129 Å². The Morgan fingerprint density at radius 1 is 1.29 bits per heavy atom. The maximum absolute atomic E-state index is 9.53. The van der Waals surface area contributed by atoms with Gasteiger partial charge in [-0.3, -0.25) is 0 Å². The molecule has 1 heterocycles. The summed E-state index contributed by atoms with van der Waals surface area (Å²) in [6, 6.07) is 10.6. The van der Waals surface area contributed by atoms with Crippen molar-refractivity contribution in [1.82, 2.24) is 10.3 Å². The van der Waals surface area contributed by atoms with Crippen molar-refractivity contribution in [2.24, 2.45) is 0 Å². The van der Waals surface area contributed by atoms with E-state index in [4.69, 9.17) is 5.11 Å². The molecule has 0 aliphatic heterocycles. The number of aromatic nitrogens is 1. The molecule has 0 saturated carbocycles. The zero-order chi connectivity index (χ0) is 15.2. The van der Waals surface area contributed by atoms with E-state index in [0.717, 1.165) is 28.0 Å². The van der Waals surface area contributed by atoms with E-state index in [2.05, 4.69) is 36.3 Å². The molecule has 1 aromatic carbocycles. The highest BCUT2D eigenvalue weighted by molar-refractivity contribution is 7.99. The maximum atomic E-state index is 9.53. The maximum Gasteiger partial charge on any atom is 0.101 e. The lowest BCUT2D eigenvalue weighted by Crippen LogP contribution is -2.22. The number of hydrogen-bond donors (Lipinski definition) is 3. The predicted octanol–water partition coefficient (Wildman–Crippen LogP) is 2.18. The summed E-state index contributed by atoms with van der Waals surface area (Å²) in [7, 11) is 0. The second-order valence-corrected chi connectivity index (χ2v) is 6.34. The van der Waals surface area contributed by atoms with E-state index in [1.165, 1.54) is 11.8 Å². The number of fused-ring (bicyclic) bond motifs is 1. The van der Waals surface area contributed by atoms with Crippen LogP contribution >= 0.6 is 11.8 Å². The van der Waals surface area contributed by atoms with Gasteiger partial charge in [0.25, 0.3) is 0 Å². The smallest absolute Gasteiger partial charge is 0.101 e. The van der Waals surface area contributed by atoms with Crippen LogP contribution in [-0.4, -0.2) is 39.7 Å². The average molecular weight is 306 g/mol. The van der Waals surface area contributed by atoms with Gasteiger partial charge in [-0.05, 0) is 17.7 Å². The Hall–Kier alpha value is -1.14. The summed E-state index contributed by atoms with van der Waals surface area (Å²) in [6.45, 7) is 4.74. The molecule has 0 aliphatic rings. The average Bonchev–Trinajstić information content (AvgIpc) is 2.49. The molecule has 114 valence electrons. The molecule has 0 aliphatic carbocycles. The summed E-state index contributed by atoms with van der Waals surface area (Å²) in [5.41, 5.74) is 2.07. The second-order valence-electron chi connectivity index (χ2n) is 5.33. The normalized spacial score (nSPS) is 13.0. The van der Waals surface area contributed by atoms with Crippen molar-refractivity contribution < 1.29 is 10.2 Å². The third-order valence-corrected chi connectivity index (χ3v) is 4.27. The van der Waals surface area contributed by atoms with Gasteiger partial charge in [0.05, 0.1) is 18.2 Å². The molecule has 2 aromatic rings. The third kappa shape index (κ3) is 4.68. The van der Waals surface area contributed by atoms with Crippen molar-refractivity contribution in [3.8, 4) is 0 Å². The first kappa shape index (κ1) is 16.2. The Kier molecular flexibility index (Phi) is 5.99. The zero-order valence-electron chi connectivity index (χ0n) is 12.4. The van der Waals surface area contributed by atoms with E-state index < -0.39 is 6.10 Å². The van der Waals surface area contributed by atoms with Crippen LogP contribution in [0.5, 0.6) is 0 Å². The first-order valence-electron chi connectivity index (χ1n) is 7.14. The fraction of sp³-hybridized carbons (Fsp3) is 0.438. The number of nitrogens with one attached hydrogen (secondary N) is 1. The molecule has 1 aromatic heterocycles. The van der Waals surface area contributed by atoms with Crippen molar-refractivity contribution in [3.05, 3.63) is 35.9 Å². The molecule has 4 nitrogen and oxygen atoms in total. The highest BCUT2D eigenvalue weighted by Gasteiger charge is 2.10. The Bertz CT molecular complexity index is 589. The fourth-order valence-electron chi connectivity index (χ4n) is 1.94. The van der Waals surface area contributed by atoms with E-state index in [9.17, 15) is 5.11 Å². The van der Waals surface area contributed by atoms with E-state index in [1.807, 2.05) is 18.2 Å². The monoisotopic (exact) mass is 306 g/mol. The van der Waals surface area contributed by atoms with Crippen molar-refractivity contribution in [2.45, 2.75) is 37.6 Å². The summed E-state index contributed by atoms with van der Waals surface area (Å²) in [6.07, 6.45) is -0.714. The first-order valence-corrected chi connectivity index (χ1v) is 8.12. The third-order valence-electron chi connectivity index (χ3n) is 3.09. The topological polar surface area (TPSA) is 65.4 Å². The summed E-state index contributed by atoms with van der Waals surface area (Å²) in [4.78, 5) is 4.69. The number of benzene rings is 1. The molecule has 2 rings (SSSR count). The van der Waals surface area contributed by atoms with E-state index in [-0.39, 0.29) is 6.61 Å². The highest BCUT2D eigenvalue weighted by atomic mass is 32.2. The van der Waals surface area contributed by atoms with Gasteiger partial charge in [-0.15, -0.1) is 11.8 Å². The van der Waals surface area contributed by atoms with Gasteiger partial charge in [-0.2, -0.15) is 0 Å². The number of aliphatic hydroxyl groups excluding tert-OH is 2. The first-order chi connectivity index (χ1) is 10.1. The predicted molar refractivity (Wildman–Crippen MR) is 87.5 cm³/mol. The molecule has 0 fully saturated rings. The van der Waals surface area contributed by atoms with Gasteiger partial charge in [-0.25, -0.2) is 4.98 Å². The molecule has 21 heavy (non-hydrogen) atoms. The fourth-order valence-corrected chi connectivity index (χ4v) is 2.87. The minimum Gasteiger partial charge on any atom is -0.394 e. The summed E-state index contributed by atoms with van der Waals surface area (Å²) in [5.74, 6) is 0.441. The number of rotatable bonds is 7. The van der Waals surface area contributed by atoms with Crippen LogP contribution in [0.15, 0.2) is 35.4 Å². The molecule has 0 amide bonds. The summed E-state index contributed by atoms with van der Waals surface area (Å²) in [5, 5.41) is 23.9. The van der Waals surface area contributed by atoms with Crippen LogP contribution in [0.4, 0.5) is 0 Å². The van der Waals surface area contributed by atoms with Crippen molar-refractivity contribution in [2.75, 3.05) is 12.4 Å². The SMILES string of the molecule is CC(C)NCc1cc2ccccc2nc1SCC(O)CO. The molecule has 1 atom stereocenters. The van der Waals surface area contributed by atoms with Gasteiger partial charge < -0.3 is 15.5 Å². The number of aliphatic hydroxyl groups is 2. The largest absolute Gasteiger partial charge is 0.394 e. The molecular weight excluding hydrogens is 284 g/mol. The van der Waals surface area contributed by atoms with Crippen LogP contribution in [0.2, 0.25) is 0 Å².